The molecule has 0 bridgehead atoms. The number of hydrogen-bond donors (Lipinski definition) is 1. The number of carboxylic acids is 1. The number of hydrogen-bond acceptors (Lipinski definition) is 6. The highest BCUT2D eigenvalue weighted by Gasteiger charge is 2.31. The molecular weight excluding hydrogens is 446 g/mol. The molecule has 0 radical (unpaired) electrons. The van der Waals surface area contributed by atoms with Crippen molar-refractivity contribution in [2.24, 2.45) is 0 Å². The summed E-state index contributed by atoms with van der Waals surface area (Å²) < 4.78 is 12.2. The molecule has 1 aliphatic rings. The van der Waals surface area contributed by atoms with Crippen LogP contribution in [0.3, 0.4) is 0 Å². The quantitative estimate of drug-likeness (QED) is 0.191. The van der Waals surface area contributed by atoms with Crippen LogP contribution in [0.4, 0.5) is 0 Å². The predicted molar refractivity (Wildman–Crippen MR) is 133 cm³/mol. The lowest BCUT2D eigenvalue weighted by atomic mass is 10.1. The van der Waals surface area contributed by atoms with Crippen molar-refractivity contribution < 1.29 is 24.2 Å². The number of unbranched alkanes of at least 4 members (excludes halogenated alkanes) is 5. The van der Waals surface area contributed by atoms with E-state index in [-0.39, 0.29) is 12.3 Å². The Hall–Kier alpha value is -2.06. The van der Waals surface area contributed by atoms with Crippen LogP contribution in [0.15, 0.2) is 23.1 Å². The van der Waals surface area contributed by atoms with E-state index in [1.807, 2.05) is 25.1 Å². The molecule has 0 aliphatic carbocycles. The van der Waals surface area contributed by atoms with Gasteiger partial charge in [0.25, 0.3) is 5.91 Å². The monoisotopic (exact) mass is 479 g/mol. The first kappa shape index (κ1) is 26.2. The molecule has 0 aromatic heterocycles. The molecule has 1 aliphatic heterocycles. The third kappa shape index (κ3) is 8.47. The SMILES string of the molecule is CCCCCCCCOc1ccc(C=C2SC(=S)N(CCCC(=O)O)C2=O)cc1OCC. The number of aliphatic carboxylic acids is 1. The van der Waals surface area contributed by atoms with Crippen LogP contribution in [0.1, 0.15) is 70.8 Å². The molecule has 1 aromatic carbocycles. The number of carboxylic acid groups (broad SMARTS) is 1. The number of thioether (sulfide) groups is 1. The maximum Gasteiger partial charge on any atom is 0.303 e. The van der Waals surface area contributed by atoms with E-state index < -0.39 is 5.97 Å². The number of amides is 1. The molecule has 2 rings (SSSR count). The van der Waals surface area contributed by atoms with Gasteiger partial charge in [-0.05, 0) is 43.5 Å². The van der Waals surface area contributed by atoms with Gasteiger partial charge in [-0.1, -0.05) is 69.1 Å². The molecule has 0 spiro atoms. The van der Waals surface area contributed by atoms with Crippen molar-refractivity contribution in [1.82, 2.24) is 4.90 Å². The molecule has 0 saturated carbocycles. The van der Waals surface area contributed by atoms with Crippen molar-refractivity contribution in [2.45, 2.75) is 65.2 Å². The predicted octanol–water partition coefficient (Wildman–Crippen LogP) is 5.89. The van der Waals surface area contributed by atoms with E-state index in [4.69, 9.17) is 26.8 Å². The first-order chi connectivity index (χ1) is 15.5. The number of rotatable bonds is 15. The lowest BCUT2D eigenvalue weighted by Gasteiger charge is -2.13. The summed E-state index contributed by atoms with van der Waals surface area (Å²) in [5.41, 5.74) is 0.825. The topological polar surface area (TPSA) is 76.1 Å². The lowest BCUT2D eigenvalue weighted by molar-refractivity contribution is -0.137. The van der Waals surface area contributed by atoms with Crippen LogP contribution in [-0.2, 0) is 9.59 Å². The maximum absolute atomic E-state index is 12.7. The van der Waals surface area contributed by atoms with Gasteiger partial charge in [-0.2, -0.15) is 0 Å². The number of thiocarbonyl (C=S) groups is 1. The summed E-state index contributed by atoms with van der Waals surface area (Å²) in [6.07, 6.45) is 9.40. The second-order valence-electron chi connectivity index (χ2n) is 7.59. The second-order valence-corrected chi connectivity index (χ2v) is 9.26. The molecule has 32 heavy (non-hydrogen) atoms. The fraction of sp³-hybridized carbons (Fsp3) is 0.542. The maximum atomic E-state index is 12.7. The summed E-state index contributed by atoms with van der Waals surface area (Å²) in [6.45, 7) is 5.62. The van der Waals surface area contributed by atoms with Crippen molar-refractivity contribution >= 4 is 46.3 Å². The van der Waals surface area contributed by atoms with Crippen molar-refractivity contribution in [1.29, 1.82) is 0 Å². The molecule has 1 fully saturated rings. The molecule has 1 aromatic rings. The Morgan fingerprint density at radius 1 is 1.09 bits per heavy atom. The molecule has 176 valence electrons. The van der Waals surface area contributed by atoms with Gasteiger partial charge in [0.15, 0.2) is 11.5 Å². The highest BCUT2D eigenvalue weighted by atomic mass is 32.2. The van der Waals surface area contributed by atoms with Gasteiger partial charge in [-0.25, -0.2) is 0 Å². The average molecular weight is 480 g/mol. The van der Waals surface area contributed by atoms with Gasteiger partial charge in [-0.3, -0.25) is 14.5 Å². The van der Waals surface area contributed by atoms with Crippen LogP contribution in [0, 0.1) is 0 Å². The molecule has 0 unspecified atom stereocenters. The van der Waals surface area contributed by atoms with Gasteiger partial charge < -0.3 is 14.6 Å². The van der Waals surface area contributed by atoms with Crippen molar-refractivity contribution in [2.75, 3.05) is 19.8 Å². The standard InChI is InChI=1S/C24H33NO5S2/c1-3-5-6-7-8-9-15-30-19-13-12-18(16-20(19)29-4-2)17-21-23(28)25(24(31)32-21)14-10-11-22(26)27/h12-13,16-17H,3-11,14-15H2,1-2H3,(H,26,27). The number of nitrogens with zero attached hydrogens (tertiary/aromatic N) is 1. The Morgan fingerprint density at radius 3 is 2.56 bits per heavy atom. The zero-order valence-corrected chi connectivity index (χ0v) is 20.6. The Labute approximate surface area is 200 Å². The van der Waals surface area contributed by atoms with Gasteiger partial charge in [0, 0.05) is 13.0 Å². The minimum Gasteiger partial charge on any atom is -0.490 e. The Morgan fingerprint density at radius 2 is 1.84 bits per heavy atom. The fourth-order valence-electron chi connectivity index (χ4n) is 3.30. The lowest BCUT2D eigenvalue weighted by Crippen LogP contribution is -2.29. The third-order valence-corrected chi connectivity index (χ3v) is 6.34. The van der Waals surface area contributed by atoms with Crippen molar-refractivity contribution in [3.05, 3.63) is 28.7 Å². The van der Waals surface area contributed by atoms with Crippen LogP contribution in [0.2, 0.25) is 0 Å². The highest BCUT2D eigenvalue weighted by molar-refractivity contribution is 8.26. The summed E-state index contributed by atoms with van der Waals surface area (Å²) in [5.74, 6) is 0.294. The normalized spacial score (nSPS) is 14.9. The summed E-state index contributed by atoms with van der Waals surface area (Å²) in [7, 11) is 0. The Kier molecular flexibility index (Phi) is 11.6. The van der Waals surface area contributed by atoms with Gasteiger partial charge in [0.05, 0.1) is 18.1 Å². The fourth-order valence-corrected chi connectivity index (χ4v) is 4.61. The van der Waals surface area contributed by atoms with Crippen molar-refractivity contribution in [3.8, 4) is 11.5 Å². The van der Waals surface area contributed by atoms with E-state index in [1.54, 1.807) is 6.08 Å². The van der Waals surface area contributed by atoms with E-state index in [0.717, 1.165) is 18.4 Å². The van der Waals surface area contributed by atoms with Crippen LogP contribution in [-0.4, -0.2) is 46.0 Å². The van der Waals surface area contributed by atoms with Gasteiger partial charge in [-0.15, -0.1) is 0 Å². The van der Waals surface area contributed by atoms with Crippen LogP contribution >= 0.6 is 24.0 Å². The number of carbonyl (C=O) groups excluding carboxylic acids is 1. The summed E-state index contributed by atoms with van der Waals surface area (Å²) in [4.78, 5) is 25.4. The van der Waals surface area contributed by atoms with Gasteiger partial charge in [0.1, 0.15) is 4.32 Å². The number of carbonyl (C=O) groups is 2. The third-order valence-electron chi connectivity index (χ3n) is 4.97. The van der Waals surface area contributed by atoms with Crippen LogP contribution in [0.25, 0.3) is 6.08 Å². The molecule has 6 nitrogen and oxygen atoms in total. The molecule has 1 amide bonds. The molecule has 1 heterocycles. The molecular formula is C24H33NO5S2. The summed E-state index contributed by atoms with van der Waals surface area (Å²) in [5, 5.41) is 8.79. The first-order valence-corrected chi connectivity index (χ1v) is 12.6. The van der Waals surface area contributed by atoms with Crippen LogP contribution in [0.5, 0.6) is 11.5 Å². The molecule has 1 saturated heterocycles. The highest BCUT2D eigenvalue weighted by Crippen LogP contribution is 2.35. The first-order valence-electron chi connectivity index (χ1n) is 11.3. The minimum atomic E-state index is -0.881. The van der Waals surface area contributed by atoms with E-state index >= 15 is 0 Å². The molecule has 1 N–H and O–H groups in total. The van der Waals surface area contributed by atoms with Gasteiger partial charge in [0.2, 0.25) is 0 Å². The number of benzene rings is 1. The largest absolute Gasteiger partial charge is 0.490 e. The smallest absolute Gasteiger partial charge is 0.303 e. The zero-order chi connectivity index (χ0) is 23.3. The Bertz CT molecular complexity index is 825. The molecule has 0 atom stereocenters. The number of ether oxygens (including phenoxy) is 2. The zero-order valence-electron chi connectivity index (χ0n) is 18.9. The van der Waals surface area contributed by atoms with E-state index in [2.05, 4.69) is 6.92 Å². The summed E-state index contributed by atoms with van der Waals surface area (Å²) >= 11 is 6.54. The molecule has 8 heteroatoms. The van der Waals surface area contributed by atoms with Gasteiger partial charge >= 0.3 is 5.97 Å². The van der Waals surface area contributed by atoms with Crippen molar-refractivity contribution in [3.63, 3.8) is 0 Å². The Balaban J connectivity index is 1.98. The minimum absolute atomic E-state index is 0.00796. The second kappa shape index (κ2) is 14.2. The van der Waals surface area contributed by atoms with E-state index in [9.17, 15) is 9.59 Å². The average Bonchev–Trinajstić information content (AvgIpc) is 3.01. The van der Waals surface area contributed by atoms with E-state index in [0.29, 0.717) is 46.9 Å². The van der Waals surface area contributed by atoms with Crippen LogP contribution < -0.4 is 9.47 Å². The summed E-state index contributed by atoms with van der Waals surface area (Å²) in [6, 6.07) is 5.65. The van der Waals surface area contributed by atoms with E-state index in [1.165, 1.54) is 42.3 Å².